The quantitative estimate of drug-likeness (QED) is 0.550. The zero-order valence-corrected chi connectivity index (χ0v) is 11.2. The summed E-state index contributed by atoms with van der Waals surface area (Å²) in [6, 6.07) is 4.18. The molecule has 6 heteroatoms. The number of hydrogen-bond donors (Lipinski definition) is 3. The summed E-state index contributed by atoms with van der Waals surface area (Å²) in [5, 5.41) is 10.3. The van der Waals surface area contributed by atoms with Gasteiger partial charge in [0.2, 0.25) is 0 Å². The molecule has 20 heavy (non-hydrogen) atoms. The molecule has 1 fully saturated rings. The Morgan fingerprint density at radius 3 is 2.95 bits per heavy atom. The van der Waals surface area contributed by atoms with Gasteiger partial charge in [0.15, 0.2) is 0 Å². The Kier molecular flexibility index (Phi) is 3.33. The number of hydrazine groups is 1. The van der Waals surface area contributed by atoms with Gasteiger partial charge in [-0.15, -0.1) is 0 Å². The first kappa shape index (κ1) is 13.0. The first-order valence-corrected chi connectivity index (χ1v) is 6.71. The minimum Gasteiger partial charge on any atom is -0.399 e. The molecule has 0 aliphatic heterocycles. The summed E-state index contributed by atoms with van der Waals surface area (Å²) in [6.07, 6.45) is 8.20. The summed E-state index contributed by atoms with van der Waals surface area (Å²) in [4.78, 5) is 4.52. The fourth-order valence-corrected chi connectivity index (χ4v) is 2.28. The van der Waals surface area contributed by atoms with Gasteiger partial charge in [0.25, 0.3) is 0 Å². The van der Waals surface area contributed by atoms with E-state index >= 15 is 0 Å². The molecule has 0 spiro atoms. The van der Waals surface area contributed by atoms with Crippen LogP contribution in [0.25, 0.3) is 5.65 Å². The van der Waals surface area contributed by atoms with Crippen LogP contribution in [0.1, 0.15) is 30.0 Å². The molecule has 0 aromatic carbocycles. The standard InChI is InChI=1S/C14H19N5O/c15-12(9-20)6-19(16)8-13-7-18-5-11(10-1-2-10)3-4-14(18)17-13/h3-7,10,20H,1-2,8-9,15-16H2/b12-6-. The van der Waals surface area contributed by atoms with Gasteiger partial charge in [-0.2, -0.15) is 0 Å². The van der Waals surface area contributed by atoms with Crippen LogP contribution < -0.4 is 11.6 Å². The molecule has 2 heterocycles. The summed E-state index contributed by atoms with van der Waals surface area (Å²) in [7, 11) is 0. The second-order valence-electron chi connectivity index (χ2n) is 5.27. The van der Waals surface area contributed by atoms with E-state index in [1.165, 1.54) is 29.6 Å². The van der Waals surface area contributed by atoms with Gasteiger partial charge in [-0.3, -0.25) is 0 Å². The minimum atomic E-state index is -0.205. The Morgan fingerprint density at radius 1 is 1.45 bits per heavy atom. The molecule has 5 N–H and O–H groups in total. The third kappa shape index (κ3) is 2.76. The zero-order valence-electron chi connectivity index (χ0n) is 11.2. The Balaban J connectivity index is 1.78. The molecule has 1 saturated carbocycles. The number of aromatic nitrogens is 2. The summed E-state index contributed by atoms with van der Waals surface area (Å²) in [5.74, 6) is 6.53. The van der Waals surface area contributed by atoms with Gasteiger partial charge in [0.1, 0.15) is 5.65 Å². The van der Waals surface area contributed by atoms with Gasteiger partial charge >= 0.3 is 0 Å². The Morgan fingerprint density at radius 2 is 2.25 bits per heavy atom. The lowest BCUT2D eigenvalue weighted by atomic mass is 10.2. The van der Waals surface area contributed by atoms with Gasteiger partial charge in [0, 0.05) is 18.6 Å². The maximum Gasteiger partial charge on any atom is 0.137 e. The number of rotatable bonds is 5. The highest BCUT2D eigenvalue weighted by atomic mass is 16.3. The third-order valence-corrected chi connectivity index (χ3v) is 3.43. The molecule has 1 aliphatic rings. The highest BCUT2D eigenvalue weighted by molar-refractivity contribution is 5.42. The van der Waals surface area contributed by atoms with Crippen molar-refractivity contribution in [1.82, 2.24) is 14.4 Å². The number of aliphatic hydroxyl groups excluding tert-OH is 1. The third-order valence-electron chi connectivity index (χ3n) is 3.43. The molecule has 0 bridgehead atoms. The first-order chi connectivity index (χ1) is 9.65. The van der Waals surface area contributed by atoms with Crippen molar-refractivity contribution in [3.63, 3.8) is 0 Å². The van der Waals surface area contributed by atoms with Crippen molar-refractivity contribution < 1.29 is 5.11 Å². The Bertz CT molecular complexity index is 644. The van der Waals surface area contributed by atoms with E-state index in [9.17, 15) is 0 Å². The summed E-state index contributed by atoms with van der Waals surface area (Å²) < 4.78 is 2.04. The first-order valence-electron chi connectivity index (χ1n) is 6.71. The fraction of sp³-hybridized carbons (Fsp3) is 0.357. The van der Waals surface area contributed by atoms with E-state index in [2.05, 4.69) is 17.2 Å². The largest absolute Gasteiger partial charge is 0.399 e. The number of nitrogens with zero attached hydrogens (tertiary/aromatic N) is 3. The van der Waals surface area contributed by atoms with Crippen molar-refractivity contribution in [2.45, 2.75) is 25.3 Å². The Labute approximate surface area is 117 Å². The smallest absolute Gasteiger partial charge is 0.137 e. The molecule has 0 atom stereocenters. The van der Waals surface area contributed by atoms with Crippen molar-refractivity contribution in [2.75, 3.05) is 6.61 Å². The van der Waals surface area contributed by atoms with Crippen LogP contribution in [0, 0.1) is 0 Å². The van der Waals surface area contributed by atoms with Gasteiger partial charge in [-0.25, -0.2) is 10.8 Å². The summed E-state index contributed by atoms with van der Waals surface area (Å²) >= 11 is 0. The summed E-state index contributed by atoms with van der Waals surface area (Å²) in [6.45, 7) is 0.241. The number of fused-ring (bicyclic) bond motifs is 1. The SMILES string of the molecule is N/C(=C\N(N)Cc1cn2cc(C3CC3)ccc2n1)CO. The van der Waals surface area contributed by atoms with Crippen LogP contribution in [0.3, 0.4) is 0 Å². The number of pyridine rings is 1. The van der Waals surface area contributed by atoms with Crippen LogP contribution in [0.2, 0.25) is 0 Å². The average Bonchev–Trinajstić information content (AvgIpc) is 3.19. The molecular weight excluding hydrogens is 254 g/mol. The van der Waals surface area contributed by atoms with E-state index in [0.717, 1.165) is 17.3 Å². The molecular formula is C14H19N5O. The maximum atomic E-state index is 8.86. The lowest BCUT2D eigenvalue weighted by molar-refractivity contribution is 0.317. The topological polar surface area (TPSA) is 92.8 Å². The maximum absolute atomic E-state index is 8.86. The van der Waals surface area contributed by atoms with E-state index in [1.54, 1.807) is 0 Å². The lowest BCUT2D eigenvalue weighted by Gasteiger charge is -2.12. The molecule has 106 valence electrons. The predicted molar refractivity (Wildman–Crippen MR) is 76.3 cm³/mol. The van der Waals surface area contributed by atoms with Crippen LogP contribution in [-0.2, 0) is 6.54 Å². The van der Waals surface area contributed by atoms with Crippen LogP contribution in [-0.4, -0.2) is 26.1 Å². The highest BCUT2D eigenvalue weighted by Gasteiger charge is 2.23. The van der Waals surface area contributed by atoms with E-state index in [-0.39, 0.29) is 6.61 Å². The predicted octanol–water partition coefficient (Wildman–Crippen LogP) is 0.680. The molecule has 6 nitrogen and oxygen atoms in total. The zero-order chi connectivity index (χ0) is 14.1. The van der Waals surface area contributed by atoms with Crippen LogP contribution >= 0.6 is 0 Å². The van der Waals surface area contributed by atoms with Crippen molar-refractivity contribution in [2.24, 2.45) is 11.6 Å². The van der Waals surface area contributed by atoms with Gasteiger partial charge in [-0.05, 0) is 30.4 Å². The van der Waals surface area contributed by atoms with Gasteiger partial charge in [0.05, 0.1) is 24.5 Å². The minimum absolute atomic E-state index is 0.205. The van der Waals surface area contributed by atoms with E-state index in [4.69, 9.17) is 16.7 Å². The van der Waals surface area contributed by atoms with E-state index < -0.39 is 0 Å². The average molecular weight is 273 g/mol. The monoisotopic (exact) mass is 273 g/mol. The summed E-state index contributed by atoms with van der Waals surface area (Å²) in [5.41, 5.74) is 9.00. The molecule has 2 aromatic heterocycles. The second kappa shape index (κ2) is 5.15. The van der Waals surface area contributed by atoms with Crippen molar-refractivity contribution in [1.29, 1.82) is 0 Å². The van der Waals surface area contributed by atoms with Crippen molar-refractivity contribution >= 4 is 5.65 Å². The van der Waals surface area contributed by atoms with Gasteiger partial charge in [-0.1, -0.05) is 6.07 Å². The van der Waals surface area contributed by atoms with E-state index in [1.807, 2.05) is 16.7 Å². The van der Waals surface area contributed by atoms with Crippen molar-refractivity contribution in [3.05, 3.63) is 47.7 Å². The van der Waals surface area contributed by atoms with E-state index in [0.29, 0.717) is 12.2 Å². The van der Waals surface area contributed by atoms with Gasteiger partial charge < -0.3 is 20.2 Å². The number of aliphatic hydroxyl groups is 1. The molecule has 1 aliphatic carbocycles. The van der Waals surface area contributed by atoms with Crippen LogP contribution in [0.5, 0.6) is 0 Å². The molecule has 0 unspecified atom stereocenters. The van der Waals surface area contributed by atoms with Crippen LogP contribution in [0.15, 0.2) is 36.4 Å². The molecule has 3 rings (SSSR count). The normalized spacial score (nSPS) is 15.8. The number of hydrogen-bond acceptors (Lipinski definition) is 5. The second-order valence-corrected chi connectivity index (χ2v) is 5.27. The molecule has 0 saturated heterocycles. The molecule has 0 radical (unpaired) electrons. The number of nitrogens with two attached hydrogens (primary N) is 2. The molecule has 0 amide bonds. The van der Waals surface area contributed by atoms with Crippen LogP contribution in [0.4, 0.5) is 0 Å². The molecule has 2 aromatic rings. The fourth-order valence-electron chi connectivity index (χ4n) is 2.28. The van der Waals surface area contributed by atoms with Crippen molar-refractivity contribution in [3.8, 4) is 0 Å². The number of imidazole rings is 1. The Hall–Kier alpha value is -2.05. The lowest BCUT2D eigenvalue weighted by Crippen LogP contribution is -2.26. The highest BCUT2D eigenvalue weighted by Crippen LogP contribution is 2.39.